The zero-order valence-electron chi connectivity index (χ0n) is 22.8. The smallest absolute Gasteiger partial charge is 0.232 e. The summed E-state index contributed by atoms with van der Waals surface area (Å²) < 4.78 is 0. The van der Waals surface area contributed by atoms with E-state index in [9.17, 15) is 14.7 Å². The molecule has 5 nitrogen and oxygen atoms in total. The molecule has 0 aromatic heterocycles. The lowest BCUT2D eigenvalue weighted by Gasteiger charge is -2.23. The largest absolute Gasteiger partial charge is 0.871 e. The third-order valence-electron chi connectivity index (χ3n) is 8.66. The highest BCUT2D eigenvalue weighted by atomic mass is 16.3. The normalized spacial score (nSPS) is 20.9. The summed E-state index contributed by atoms with van der Waals surface area (Å²) in [5, 5.41) is 21.4. The molecule has 2 heterocycles. The van der Waals surface area contributed by atoms with Gasteiger partial charge in [-0.15, -0.1) is 0 Å². The Kier molecular flexibility index (Phi) is 4.93. The molecule has 0 spiro atoms. The molecule has 1 N–H and O–H groups in total. The number of rotatable bonds is 2. The predicted octanol–water partition coefficient (Wildman–Crippen LogP) is 6.34. The molecule has 196 valence electrons. The Balaban J connectivity index is 1.31. The fraction of sp³-hybridized carbons (Fsp3) is 0.171. The lowest BCUT2D eigenvalue weighted by molar-refractivity contribution is -0.297. The van der Waals surface area contributed by atoms with Crippen molar-refractivity contribution in [3.63, 3.8) is 0 Å². The number of nitrogens with one attached hydrogen (secondary N) is 1. The van der Waals surface area contributed by atoms with Crippen LogP contribution in [0.2, 0.25) is 0 Å². The van der Waals surface area contributed by atoms with E-state index in [1.54, 1.807) is 6.08 Å². The van der Waals surface area contributed by atoms with E-state index in [1.165, 1.54) is 6.08 Å². The molecule has 5 heteroatoms. The van der Waals surface area contributed by atoms with E-state index >= 15 is 0 Å². The number of benzene rings is 4. The molecule has 0 fully saturated rings. The van der Waals surface area contributed by atoms with Crippen LogP contribution >= 0.6 is 0 Å². The maximum atomic E-state index is 13.6. The standard InChI is InChI=1S/C35H28N2O3/c1-34(2)27(36-25-15-13-19-9-5-7-11-21(19)29(25)34)17-23-31(38)24(33(40)32(23)39)18-28-35(3,4)30-22-12-8-6-10-20(22)14-16-26(30)37-28/h5-18,36,38H,1-4H3/p-1/b24-18-,27-17+. The van der Waals surface area contributed by atoms with Crippen LogP contribution in [0.5, 0.6) is 0 Å². The molecule has 3 aliphatic rings. The molecule has 0 amide bonds. The zero-order valence-corrected chi connectivity index (χ0v) is 22.8. The molecular formula is C35H27N2O3-. The van der Waals surface area contributed by atoms with Gasteiger partial charge in [-0.2, -0.15) is 0 Å². The molecule has 4 aromatic rings. The van der Waals surface area contributed by atoms with Gasteiger partial charge in [-0.25, -0.2) is 0 Å². The Bertz CT molecular complexity index is 1970. The van der Waals surface area contributed by atoms with Crippen LogP contribution in [0, 0.1) is 0 Å². The number of fused-ring (bicyclic) bond motifs is 6. The first kappa shape index (κ1) is 24.3. The first-order valence-electron chi connectivity index (χ1n) is 13.4. The maximum absolute atomic E-state index is 13.6. The second-order valence-corrected chi connectivity index (χ2v) is 11.8. The van der Waals surface area contributed by atoms with Gasteiger partial charge in [0, 0.05) is 33.4 Å². The van der Waals surface area contributed by atoms with Crippen molar-refractivity contribution in [1.82, 2.24) is 0 Å². The van der Waals surface area contributed by atoms with Crippen LogP contribution in [0.4, 0.5) is 11.4 Å². The molecule has 0 saturated carbocycles. The van der Waals surface area contributed by atoms with Gasteiger partial charge in [-0.3, -0.25) is 14.6 Å². The average molecular weight is 524 g/mol. The highest BCUT2D eigenvalue weighted by molar-refractivity contribution is 6.54. The number of anilines is 1. The highest BCUT2D eigenvalue weighted by Gasteiger charge is 2.40. The minimum absolute atomic E-state index is 0.108. The van der Waals surface area contributed by atoms with Gasteiger partial charge in [-0.1, -0.05) is 94.1 Å². The van der Waals surface area contributed by atoms with Crippen LogP contribution in [0.1, 0.15) is 38.8 Å². The van der Waals surface area contributed by atoms with Gasteiger partial charge >= 0.3 is 0 Å². The number of Topliss-reactive ketones (excluding diaryl/α,β-unsaturated/α-hetero) is 2. The summed E-state index contributed by atoms with van der Waals surface area (Å²) in [6, 6.07) is 24.3. The fourth-order valence-electron chi connectivity index (χ4n) is 6.46. The van der Waals surface area contributed by atoms with Gasteiger partial charge < -0.3 is 10.4 Å². The molecule has 0 atom stereocenters. The summed E-state index contributed by atoms with van der Waals surface area (Å²) in [5.41, 5.74) is 3.92. The first-order valence-corrected chi connectivity index (χ1v) is 13.4. The molecule has 0 unspecified atom stereocenters. The molecule has 0 saturated heterocycles. The SMILES string of the molecule is CC1(C)C(/C=C2\C(=O)C(=O)C(/C=C3/Nc4ccc5ccccc5c4C3(C)C)=C2[O-])=Nc2ccc3ccccc3c21. The summed E-state index contributed by atoms with van der Waals surface area (Å²) in [4.78, 5) is 31.2. The monoisotopic (exact) mass is 523 g/mol. The number of allylic oxidation sites excluding steroid dienone is 5. The van der Waals surface area contributed by atoms with E-state index in [2.05, 4.69) is 49.5 Å². The van der Waals surface area contributed by atoms with E-state index in [0.29, 0.717) is 11.4 Å². The van der Waals surface area contributed by atoms with Gasteiger partial charge in [0.25, 0.3) is 0 Å². The van der Waals surface area contributed by atoms with Crippen LogP contribution in [-0.2, 0) is 20.4 Å². The van der Waals surface area contributed by atoms with Crippen LogP contribution in [0.3, 0.4) is 0 Å². The molecule has 7 rings (SSSR count). The molecule has 2 aliphatic heterocycles. The Labute approximate surface area is 232 Å². The van der Waals surface area contributed by atoms with Crippen molar-refractivity contribution in [3.05, 3.63) is 119 Å². The minimum atomic E-state index is -0.782. The van der Waals surface area contributed by atoms with Crippen LogP contribution in [0.25, 0.3) is 21.5 Å². The van der Waals surface area contributed by atoms with Crippen molar-refractivity contribution < 1.29 is 14.7 Å². The van der Waals surface area contributed by atoms with Crippen molar-refractivity contribution in [2.24, 2.45) is 4.99 Å². The van der Waals surface area contributed by atoms with E-state index in [-0.39, 0.29) is 11.1 Å². The predicted molar refractivity (Wildman–Crippen MR) is 158 cm³/mol. The van der Waals surface area contributed by atoms with Gasteiger partial charge in [0.1, 0.15) is 0 Å². The topological polar surface area (TPSA) is 81.6 Å². The first-order chi connectivity index (χ1) is 19.1. The van der Waals surface area contributed by atoms with E-state index in [0.717, 1.165) is 44.0 Å². The zero-order chi connectivity index (χ0) is 28.0. The number of hydrogen-bond acceptors (Lipinski definition) is 5. The van der Waals surface area contributed by atoms with Crippen LogP contribution in [0.15, 0.2) is 113 Å². The van der Waals surface area contributed by atoms with Crippen molar-refractivity contribution in [2.75, 3.05) is 5.32 Å². The second kappa shape index (κ2) is 8.12. The number of carbonyl (C=O) groups is 2. The molecule has 0 bridgehead atoms. The van der Waals surface area contributed by atoms with Gasteiger partial charge in [0.15, 0.2) is 0 Å². The fourth-order valence-corrected chi connectivity index (χ4v) is 6.46. The Morgan fingerprint density at radius 2 is 1.35 bits per heavy atom. The van der Waals surface area contributed by atoms with Gasteiger partial charge in [0.05, 0.1) is 11.4 Å². The third kappa shape index (κ3) is 3.24. The number of carbonyl (C=O) groups excluding carboxylic acids is 2. The third-order valence-corrected chi connectivity index (χ3v) is 8.66. The van der Waals surface area contributed by atoms with Crippen molar-refractivity contribution in [2.45, 2.75) is 38.5 Å². The quantitative estimate of drug-likeness (QED) is 0.246. The summed E-state index contributed by atoms with van der Waals surface area (Å²) in [5.74, 6) is -2.11. The molecule has 40 heavy (non-hydrogen) atoms. The average Bonchev–Trinajstić information content (AvgIpc) is 3.44. The second-order valence-electron chi connectivity index (χ2n) is 11.8. The lowest BCUT2D eigenvalue weighted by atomic mass is 9.78. The number of aliphatic imine (C=N–C) groups is 1. The summed E-state index contributed by atoms with van der Waals surface area (Å²) in [6.07, 6.45) is 3.10. The van der Waals surface area contributed by atoms with E-state index in [4.69, 9.17) is 4.99 Å². The number of hydrogen-bond donors (Lipinski definition) is 1. The van der Waals surface area contributed by atoms with E-state index < -0.39 is 28.2 Å². The molecule has 0 radical (unpaired) electrons. The van der Waals surface area contributed by atoms with Gasteiger partial charge in [-0.05, 0) is 57.0 Å². The van der Waals surface area contributed by atoms with Crippen molar-refractivity contribution >= 4 is 50.2 Å². The summed E-state index contributed by atoms with van der Waals surface area (Å²) >= 11 is 0. The molecule has 1 aliphatic carbocycles. The maximum Gasteiger partial charge on any atom is 0.232 e. The number of nitrogens with zero attached hydrogens (tertiary/aromatic N) is 1. The highest BCUT2D eigenvalue weighted by Crippen LogP contribution is 2.48. The Morgan fingerprint density at radius 1 is 0.725 bits per heavy atom. The van der Waals surface area contributed by atoms with Crippen molar-refractivity contribution in [3.8, 4) is 0 Å². The van der Waals surface area contributed by atoms with Crippen LogP contribution < -0.4 is 10.4 Å². The summed E-state index contributed by atoms with van der Waals surface area (Å²) in [7, 11) is 0. The molecular weight excluding hydrogens is 496 g/mol. The summed E-state index contributed by atoms with van der Waals surface area (Å²) in [6.45, 7) is 8.19. The van der Waals surface area contributed by atoms with Crippen molar-refractivity contribution in [1.29, 1.82) is 0 Å². The minimum Gasteiger partial charge on any atom is -0.871 e. The van der Waals surface area contributed by atoms with Gasteiger partial charge in [0.2, 0.25) is 11.6 Å². The Morgan fingerprint density at radius 3 is 2.05 bits per heavy atom. The molecule has 4 aromatic carbocycles. The Hall–Kier alpha value is -4.77. The number of ketones is 2. The van der Waals surface area contributed by atoms with Crippen LogP contribution in [-0.4, -0.2) is 17.3 Å². The lowest BCUT2D eigenvalue weighted by Crippen LogP contribution is -2.25. The van der Waals surface area contributed by atoms with E-state index in [1.807, 2.05) is 56.3 Å².